The van der Waals surface area contributed by atoms with Gasteiger partial charge >= 0.3 is 0 Å². The summed E-state index contributed by atoms with van der Waals surface area (Å²) in [5, 5.41) is 0. The first-order valence-electron chi connectivity index (χ1n) is 9.21. The summed E-state index contributed by atoms with van der Waals surface area (Å²) in [6.45, 7) is 1.06. The lowest BCUT2D eigenvalue weighted by Crippen LogP contribution is -2.41. The fourth-order valence-electron chi connectivity index (χ4n) is 3.05. The quantitative estimate of drug-likeness (QED) is 0.629. The Labute approximate surface area is 164 Å². The van der Waals surface area contributed by atoms with E-state index in [-0.39, 0.29) is 13.2 Å². The number of alkyl halides is 2. The largest absolute Gasteiger partial charge is 0.383 e. The first-order valence-corrected chi connectivity index (χ1v) is 10.9. The van der Waals surface area contributed by atoms with Crippen molar-refractivity contribution in [1.82, 2.24) is 4.90 Å². The second-order valence-electron chi connectivity index (χ2n) is 6.68. The molecule has 1 aliphatic heterocycles. The van der Waals surface area contributed by atoms with Crippen LogP contribution in [0.25, 0.3) is 0 Å². The standard InChI is InChI=1S/C18H27F2N3O4S/c1-27-12-11-23(13-17(19)20)18(24)14-28(25,26)21-15-5-7-16(8-6-15)22-9-3-2-4-10-22/h5-8,17,21H,2-4,9-14H2,1H3. The van der Waals surface area contributed by atoms with Crippen LogP contribution < -0.4 is 9.62 Å². The molecule has 1 N–H and O–H groups in total. The minimum Gasteiger partial charge on any atom is -0.383 e. The van der Waals surface area contributed by atoms with Gasteiger partial charge in [0, 0.05) is 38.1 Å². The average Bonchev–Trinajstić information content (AvgIpc) is 2.65. The maximum atomic E-state index is 12.6. The molecule has 0 saturated carbocycles. The molecule has 0 radical (unpaired) electrons. The van der Waals surface area contributed by atoms with E-state index >= 15 is 0 Å². The van der Waals surface area contributed by atoms with Gasteiger partial charge in [-0.2, -0.15) is 0 Å². The van der Waals surface area contributed by atoms with Crippen molar-refractivity contribution >= 4 is 27.3 Å². The van der Waals surface area contributed by atoms with Crippen LogP contribution in [0.3, 0.4) is 0 Å². The van der Waals surface area contributed by atoms with Gasteiger partial charge in [0.1, 0.15) is 5.75 Å². The van der Waals surface area contributed by atoms with Gasteiger partial charge in [-0.25, -0.2) is 17.2 Å². The van der Waals surface area contributed by atoms with Crippen molar-refractivity contribution in [3.8, 4) is 0 Å². The number of anilines is 2. The highest BCUT2D eigenvalue weighted by Crippen LogP contribution is 2.22. The molecule has 158 valence electrons. The normalized spacial score (nSPS) is 14.9. The van der Waals surface area contributed by atoms with E-state index in [4.69, 9.17) is 4.74 Å². The Balaban J connectivity index is 1.96. The van der Waals surface area contributed by atoms with Gasteiger partial charge in [-0.3, -0.25) is 9.52 Å². The first kappa shape index (κ1) is 22.4. The second-order valence-corrected chi connectivity index (χ2v) is 8.40. The summed E-state index contributed by atoms with van der Waals surface area (Å²) in [6.07, 6.45) is 0.734. The lowest BCUT2D eigenvalue weighted by atomic mass is 10.1. The number of ether oxygens (including phenoxy) is 1. The lowest BCUT2D eigenvalue weighted by Gasteiger charge is -2.28. The molecule has 0 aliphatic carbocycles. The number of methoxy groups -OCH3 is 1. The summed E-state index contributed by atoms with van der Waals surface area (Å²) >= 11 is 0. The van der Waals surface area contributed by atoms with Crippen LogP contribution in [0.5, 0.6) is 0 Å². The number of benzene rings is 1. The number of hydrogen-bond acceptors (Lipinski definition) is 5. The van der Waals surface area contributed by atoms with Gasteiger partial charge in [0.15, 0.2) is 0 Å². The smallest absolute Gasteiger partial charge is 0.255 e. The highest BCUT2D eigenvalue weighted by atomic mass is 32.2. The van der Waals surface area contributed by atoms with E-state index in [9.17, 15) is 22.0 Å². The zero-order chi connectivity index (χ0) is 20.6. The van der Waals surface area contributed by atoms with Crippen molar-refractivity contribution in [2.75, 3.05) is 55.3 Å². The third-order valence-corrected chi connectivity index (χ3v) is 5.63. The predicted molar refractivity (Wildman–Crippen MR) is 104 cm³/mol. The molecular formula is C18H27F2N3O4S. The van der Waals surface area contributed by atoms with Crippen LogP contribution in [-0.4, -0.2) is 71.3 Å². The number of nitrogens with one attached hydrogen (secondary N) is 1. The van der Waals surface area contributed by atoms with E-state index in [0.29, 0.717) is 5.69 Å². The Morgan fingerprint density at radius 1 is 1.21 bits per heavy atom. The number of rotatable bonds is 10. The van der Waals surface area contributed by atoms with Gasteiger partial charge < -0.3 is 14.5 Å². The number of sulfonamides is 1. The van der Waals surface area contributed by atoms with Crippen molar-refractivity contribution in [1.29, 1.82) is 0 Å². The Bertz CT molecular complexity index is 723. The topological polar surface area (TPSA) is 78.9 Å². The zero-order valence-corrected chi connectivity index (χ0v) is 16.8. The molecule has 1 aliphatic rings. The van der Waals surface area contributed by atoms with Gasteiger partial charge in [-0.05, 0) is 43.5 Å². The number of amides is 1. The molecule has 0 bridgehead atoms. The fourth-order valence-corrected chi connectivity index (χ4v) is 4.12. The Hall–Kier alpha value is -1.94. The molecule has 1 heterocycles. The monoisotopic (exact) mass is 419 g/mol. The molecule has 0 unspecified atom stereocenters. The number of carbonyl (C=O) groups excluding carboxylic acids is 1. The van der Waals surface area contributed by atoms with Crippen LogP contribution in [0, 0.1) is 0 Å². The molecule has 1 fully saturated rings. The Kier molecular flexibility index (Phi) is 8.43. The number of hydrogen-bond donors (Lipinski definition) is 1. The van der Waals surface area contributed by atoms with Crippen LogP contribution in [-0.2, 0) is 19.6 Å². The molecule has 1 aromatic rings. The van der Waals surface area contributed by atoms with Crippen molar-refractivity contribution in [3.63, 3.8) is 0 Å². The maximum Gasteiger partial charge on any atom is 0.255 e. The molecule has 10 heteroatoms. The van der Waals surface area contributed by atoms with E-state index in [1.807, 2.05) is 12.1 Å². The van der Waals surface area contributed by atoms with E-state index in [1.165, 1.54) is 13.5 Å². The molecule has 2 rings (SSSR count). The van der Waals surface area contributed by atoms with Crippen LogP contribution in [0.1, 0.15) is 19.3 Å². The number of piperidine rings is 1. The van der Waals surface area contributed by atoms with Gasteiger partial charge in [0.2, 0.25) is 15.9 Å². The summed E-state index contributed by atoms with van der Waals surface area (Å²) < 4.78 is 56.9. The fraction of sp³-hybridized carbons (Fsp3) is 0.611. The van der Waals surface area contributed by atoms with Crippen molar-refractivity contribution in [2.24, 2.45) is 0 Å². The van der Waals surface area contributed by atoms with E-state index in [2.05, 4.69) is 9.62 Å². The van der Waals surface area contributed by atoms with Crippen LogP contribution in [0.2, 0.25) is 0 Å². The lowest BCUT2D eigenvalue weighted by molar-refractivity contribution is -0.131. The minimum atomic E-state index is -4.02. The van der Waals surface area contributed by atoms with Crippen molar-refractivity contribution in [3.05, 3.63) is 24.3 Å². The molecular weight excluding hydrogens is 392 g/mol. The molecule has 0 aromatic heterocycles. The zero-order valence-electron chi connectivity index (χ0n) is 15.9. The average molecular weight is 419 g/mol. The van der Waals surface area contributed by atoms with E-state index in [1.54, 1.807) is 12.1 Å². The Morgan fingerprint density at radius 2 is 1.86 bits per heavy atom. The Morgan fingerprint density at radius 3 is 2.43 bits per heavy atom. The molecule has 0 atom stereocenters. The highest BCUT2D eigenvalue weighted by Gasteiger charge is 2.24. The van der Waals surface area contributed by atoms with Crippen LogP contribution in [0.15, 0.2) is 24.3 Å². The number of nitrogens with zero attached hydrogens (tertiary/aromatic N) is 2. The SMILES string of the molecule is COCCN(CC(F)F)C(=O)CS(=O)(=O)Nc1ccc(N2CCCCC2)cc1. The first-order chi connectivity index (χ1) is 13.3. The van der Waals surface area contributed by atoms with Gasteiger partial charge in [-0.1, -0.05) is 0 Å². The van der Waals surface area contributed by atoms with Gasteiger partial charge in [-0.15, -0.1) is 0 Å². The maximum absolute atomic E-state index is 12.6. The summed E-state index contributed by atoms with van der Waals surface area (Å²) in [5.41, 5.74) is 1.34. The van der Waals surface area contributed by atoms with Crippen LogP contribution in [0.4, 0.5) is 20.2 Å². The summed E-state index contributed by atoms with van der Waals surface area (Å²) in [7, 11) is -2.65. The van der Waals surface area contributed by atoms with Crippen LogP contribution >= 0.6 is 0 Å². The van der Waals surface area contributed by atoms with Gasteiger partial charge in [0.05, 0.1) is 13.2 Å². The molecule has 1 saturated heterocycles. The number of carbonyl (C=O) groups is 1. The summed E-state index contributed by atoms with van der Waals surface area (Å²) in [5.74, 6) is -1.80. The summed E-state index contributed by atoms with van der Waals surface area (Å²) in [6, 6.07) is 6.92. The number of halogens is 2. The molecule has 0 spiro atoms. The summed E-state index contributed by atoms with van der Waals surface area (Å²) in [4.78, 5) is 15.2. The van der Waals surface area contributed by atoms with E-state index < -0.39 is 34.7 Å². The van der Waals surface area contributed by atoms with Gasteiger partial charge in [0.25, 0.3) is 6.43 Å². The predicted octanol–water partition coefficient (Wildman–Crippen LogP) is 2.16. The molecule has 7 nitrogen and oxygen atoms in total. The molecule has 1 aromatic carbocycles. The van der Waals surface area contributed by atoms with E-state index in [0.717, 1.165) is 36.5 Å². The second kappa shape index (κ2) is 10.6. The van der Waals surface area contributed by atoms with Crippen molar-refractivity contribution < 1.29 is 26.7 Å². The molecule has 28 heavy (non-hydrogen) atoms. The highest BCUT2D eigenvalue weighted by molar-refractivity contribution is 7.93. The third kappa shape index (κ3) is 7.23. The molecule has 1 amide bonds. The third-order valence-electron chi connectivity index (χ3n) is 4.45. The van der Waals surface area contributed by atoms with Crippen molar-refractivity contribution in [2.45, 2.75) is 25.7 Å². The minimum absolute atomic E-state index is 0.0455.